The van der Waals surface area contributed by atoms with Gasteiger partial charge in [0.1, 0.15) is 0 Å². The van der Waals surface area contributed by atoms with Crippen molar-refractivity contribution in [1.82, 2.24) is 9.80 Å². The molecule has 1 aromatic rings. The van der Waals surface area contributed by atoms with E-state index in [0.29, 0.717) is 0 Å². The summed E-state index contributed by atoms with van der Waals surface area (Å²) in [7, 11) is 0. The number of likely N-dealkylation sites (tertiary alicyclic amines) is 1. The average molecular weight is 331 g/mol. The molecule has 5 nitrogen and oxygen atoms in total. The monoisotopic (exact) mass is 331 g/mol. The second kappa shape index (κ2) is 8.10. The number of piperidine rings is 1. The van der Waals surface area contributed by atoms with Gasteiger partial charge in [-0.25, -0.2) is 0 Å². The lowest BCUT2D eigenvalue weighted by molar-refractivity contribution is 0.0342. The van der Waals surface area contributed by atoms with Crippen LogP contribution in [0.2, 0.25) is 0 Å². The molecule has 0 radical (unpaired) electrons. The first-order valence-corrected chi connectivity index (χ1v) is 9.11. The molecule has 1 aromatic carbocycles. The van der Waals surface area contributed by atoms with Gasteiger partial charge in [0, 0.05) is 43.8 Å². The summed E-state index contributed by atoms with van der Waals surface area (Å²) in [6.45, 7) is 7.32. The van der Waals surface area contributed by atoms with E-state index in [1.807, 2.05) is 24.0 Å². The van der Waals surface area contributed by atoms with E-state index < -0.39 is 0 Å². The summed E-state index contributed by atoms with van der Waals surface area (Å²) < 4.78 is 5.38. The number of nitrogens with zero attached hydrogens (tertiary/aromatic N) is 2. The first-order valence-electron chi connectivity index (χ1n) is 9.11. The third-order valence-corrected chi connectivity index (χ3v) is 5.13. The Bertz CT molecular complexity index is 538. The van der Waals surface area contributed by atoms with Gasteiger partial charge in [0.05, 0.1) is 13.2 Å². The van der Waals surface area contributed by atoms with Crippen LogP contribution in [-0.4, -0.2) is 60.6 Å². The van der Waals surface area contributed by atoms with Crippen molar-refractivity contribution in [3.63, 3.8) is 0 Å². The Balaban J connectivity index is 1.64. The molecule has 1 amide bonds. The maximum atomic E-state index is 12.9. The number of carbonyl (C=O) groups is 1. The molecule has 0 bridgehead atoms. The van der Waals surface area contributed by atoms with Crippen molar-refractivity contribution in [2.24, 2.45) is 5.73 Å². The normalized spacial score (nSPS) is 23.9. The molecule has 2 heterocycles. The Morgan fingerprint density at radius 3 is 2.58 bits per heavy atom. The number of nitrogens with two attached hydrogens (primary N) is 1. The van der Waals surface area contributed by atoms with Crippen molar-refractivity contribution in [2.75, 3.05) is 32.8 Å². The first kappa shape index (κ1) is 17.4. The highest BCUT2D eigenvalue weighted by Crippen LogP contribution is 2.22. The Morgan fingerprint density at radius 1 is 1.21 bits per heavy atom. The van der Waals surface area contributed by atoms with E-state index in [4.69, 9.17) is 10.5 Å². The van der Waals surface area contributed by atoms with Gasteiger partial charge in [-0.3, -0.25) is 9.69 Å². The maximum Gasteiger partial charge on any atom is 0.254 e. The highest BCUT2D eigenvalue weighted by atomic mass is 16.5. The van der Waals surface area contributed by atoms with Gasteiger partial charge in [0.25, 0.3) is 5.91 Å². The van der Waals surface area contributed by atoms with Crippen LogP contribution >= 0.6 is 0 Å². The molecule has 0 aliphatic carbocycles. The summed E-state index contributed by atoms with van der Waals surface area (Å²) in [6, 6.07) is 8.27. The smallest absolute Gasteiger partial charge is 0.254 e. The molecule has 132 valence electrons. The molecule has 0 spiro atoms. The zero-order valence-corrected chi connectivity index (χ0v) is 14.6. The molecule has 5 heteroatoms. The lowest BCUT2D eigenvalue weighted by Crippen LogP contribution is -2.51. The van der Waals surface area contributed by atoms with Gasteiger partial charge in [0.2, 0.25) is 0 Å². The number of hydrogen-bond donors (Lipinski definition) is 1. The molecule has 0 saturated carbocycles. The Labute approximate surface area is 144 Å². The van der Waals surface area contributed by atoms with Crippen LogP contribution in [0.1, 0.15) is 42.1 Å². The third kappa shape index (κ3) is 4.15. The van der Waals surface area contributed by atoms with Crippen LogP contribution in [-0.2, 0) is 11.3 Å². The van der Waals surface area contributed by atoms with E-state index >= 15 is 0 Å². The molecular formula is C19H29N3O2. The van der Waals surface area contributed by atoms with E-state index in [1.54, 1.807) is 0 Å². The van der Waals surface area contributed by atoms with Crippen molar-refractivity contribution in [2.45, 2.75) is 44.8 Å². The molecule has 0 aromatic heterocycles. The van der Waals surface area contributed by atoms with Crippen LogP contribution in [0.4, 0.5) is 0 Å². The summed E-state index contributed by atoms with van der Waals surface area (Å²) >= 11 is 0. The number of hydrogen-bond acceptors (Lipinski definition) is 4. The maximum absolute atomic E-state index is 12.9. The van der Waals surface area contributed by atoms with E-state index in [0.717, 1.165) is 64.2 Å². The predicted octanol–water partition coefficient (Wildman–Crippen LogP) is 1.86. The number of carbonyl (C=O) groups excluding carboxylic acids is 1. The molecule has 0 unspecified atom stereocenters. The molecule has 2 N–H and O–H groups in total. The molecule has 2 atom stereocenters. The minimum Gasteiger partial charge on any atom is -0.379 e. The van der Waals surface area contributed by atoms with Crippen LogP contribution in [0.25, 0.3) is 0 Å². The molecule has 2 aliphatic heterocycles. The van der Waals surface area contributed by atoms with E-state index in [2.05, 4.69) is 17.0 Å². The minimum absolute atomic E-state index is 0.0230. The fourth-order valence-electron chi connectivity index (χ4n) is 3.69. The Morgan fingerprint density at radius 2 is 1.92 bits per heavy atom. The van der Waals surface area contributed by atoms with Gasteiger partial charge in [-0.2, -0.15) is 0 Å². The van der Waals surface area contributed by atoms with E-state index in [1.165, 1.54) is 5.56 Å². The van der Waals surface area contributed by atoms with Gasteiger partial charge in [-0.05, 0) is 43.9 Å². The minimum atomic E-state index is 0.0230. The number of rotatable bonds is 4. The molecular weight excluding hydrogens is 302 g/mol. The fraction of sp³-hybridized carbons (Fsp3) is 0.632. The number of amides is 1. The van der Waals surface area contributed by atoms with Crippen LogP contribution in [0.5, 0.6) is 0 Å². The standard InChI is InChI=1S/C19H29N3O2/c1-15(20)18-4-2-3-9-22(18)19(23)17-7-5-16(6-8-17)14-21-10-12-24-13-11-21/h5-8,15,18H,2-4,9-14,20H2,1H3/t15-,18-/m0/s1. The second-order valence-corrected chi connectivity index (χ2v) is 7.01. The quantitative estimate of drug-likeness (QED) is 0.915. The highest BCUT2D eigenvalue weighted by Gasteiger charge is 2.29. The number of benzene rings is 1. The molecule has 2 fully saturated rings. The summed E-state index contributed by atoms with van der Waals surface area (Å²) in [6.07, 6.45) is 3.25. The van der Waals surface area contributed by atoms with Crippen molar-refractivity contribution in [3.8, 4) is 0 Å². The Hall–Kier alpha value is -1.43. The lowest BCUT2D eigenvalue weighted by atomic mass is 9.96. The summed E-state index contributed by atoms with van der Waals surface area (Å²) in [4.78, 5) is 17.2. The summed E-state index contributed by atoms with van der Waals surface area (Å²) in [5.41, 5.74) is 8.11. The van der Waals surface area contributed by atoms with E-state index in [-0.39, 0.29) is 18.0 Å². The molecule has 2 saturated heterocycles. The van der Waals surface area contributed by atoms with Crippen molar-refractivity contribution in [3.05, 3.63) is 35.4 Å². The molecule has 2 aliphatic rings. The average Bonchev–Trinajstić information content (AvgIpc) is 2.62. The van der Waals surface area contributed by atoms with Crippen LogP contribution in [0, 0.1) is 0 Å². The topological polar surface area (TPSA) is 58.8 Å². The number of ether oxygens (including phenoxy) is 1. The second-order valence-electron chi connectivity index (χ2n) is 7.01. The molecule has 24 heavy (non-hydrogen) atoms. The van der Waals surface area contributed by atoms with Crippen molar-refractivity contribution >= 4 is 5.91 Å². The Kier molecular flexibility index (Phi) is 5.87. The van der Waals surface area contributed by atoms with Gasteiger partial charge >= 0.3 is 0 Å². The highest BCUT2D eigenvalue weighted by molar-refractivity contribution is 5.94. The van der Waals surface area contributed by atoms with Crippen molar-refractivity contribution < 1.29 is 9.53 Å². The molecule has 3 rings (SSSR count). The van der Waals surface area contributed by atoms with Crippen molar-refractivity contribution in [1.29, 1.82) is 0 Å². The fourth-order valence-corrected chi connectivity index (χ4v) is 3.69. The van der Waals surface area contributed by atoms with Gasteiger partial charge in [-0.15, -0.1) is 0 Å². The summed E-state index contributed by atoms with van der Waals surface area (Å²) in [5, 5.41) is 0. The largest absolute Gasteiger partial charge is 0.379 e. The van der Waals surface area contributed by atoms with Gasteiger partial charge < -0.3 is 15.4 Å². The predicted molar refractivity (Wildman–Crippen MR) is 94.9 cm³/mol. The zero-order valence-electron chi connectivity index (χ0n) is 14.6. The lowest BCUT2D eigenvalue weighted by Gasteiger charge is -2.38. The first-order chi connectivity index (χ1) is 11.6. The van der Waals surface area contributed by atoms with Crippen LogP contribution < -0.4 is 5.73 Å². The third-order valence-electron chi connectivity index (χ3n) is 5.13. The van der Waals surface area contributed by atoms with E-state index in [9.17, 15) is 4.79 Å². The van der Waals surface area contributed by atoms with Crippen LogP contribution in [0.15, 0.2) is 24.3 Å². The van der Waals surface area contributed by atoms with Gasteiger partial charge in [0.15, 0.2) is 0 Å². The number of morpholine rings is 1. The van der Waals surface area contributed by atoms with Gasteiger partial charge in [-0.1, -0.05) is 12.1 Å². The zero-order chi connectivity index (χ0) is 16.9. The summed E-state index contributed by atoms with van der Waals surface area (Å²) in [5.74, 6) is 0.120. The SMILES string of the molecule is C[C@H](N)[C@@H]1CCCCN1C(=O)c1ccc(CN2CCOCC2)cc1. The van der Waals surface area contributed by atoms with Crippen LogP contribution in [0.3, 0.4) is 0 Å².